The van der Waals surface area contributed by atoms with E-state index >= 15 is 0 Å². The molecule has 472 valence electrons. The van der Waals surface area contributed by atoms with Crippen LogP contribution in [0, 0.1) is 6.92 Å². The number of nitrogens with one attached hydrogen (secondary N) is 3. The van der Waals surface area contributed by atoms with Gasteiger partial charge in [-0.25, -0.2) is 40.2 Å². The maximum atomic E-state index is 11.3. The number of nitrogens with zero attached hydrogens (tertiary/aromatic N) is 15. The Kier molecular flexibility index (Phi) is 32.0. The van der Waals surface area contributed by atoms with Crippen LogP contribution in [-0.2, 0) is 32.3 Å². The van der Waals surface area contributed by atoms with Crippen molar-refractivity contribution >= 4 is 47.2 Å². The van der Waals surface area contributed by atoms with Crippen LogP contribution in [0.2, 0.25) is 0 Å². The van der Waals surface area contributed by atoms with E-state index in [1.165, 1.54) is 30.3 Å². The minimum Gasteiger partial charge on any atom is -0.462 e. The highest BCUT2D eigenvalue weighted by molar-refractivity contribution is 7.51. The molecule has 0 spiro atoms. The molecule has 0 bridgehead atoms. The number of rotatable bonds is 16. The summed E-state index contributed by atoms with van der Waals surface area (Å²) in [5, 5.41) is 27.2. The molecule has 1 amide bonds. The summed E-state index contributed by atoms with van der Waals surface area (Å²) in [6.45, 7) is 5.96. The van der Waals surface area contributed by atoms with Crippen LogP contribution in [0.3, 0.4) is 0 Å². The normalized spacial score (nSPS) is 9.76. The van der Waals surface area contributed by atoms with E-state index in [-0.39, 0.29) is 35.8 Å². The molecule has 11 heterocycles. The van der Waals surface area contributed by atoms with Crippen molar-refractivity contribution in [3.8, 4) is 0 Å². The SMILES string of the molecule is CCOC(=O)c1cnc(C)nc1.CCc1cnc(NC(c2ccccn2)c2ccccn2)nc1.NC(c1ccccn1)c1ccccn1.O=C(NO)c1cnc(NC(c2ccccn2)c2ccccn2)nc1.O=C=O.O=S=O.ON=C(c1ccccn1)c1ccccn1. The molecule has 0 saturated carbocycles. The zero-order valence-electron chi connectivity index (χ0n) is 50.0. The highest BCUT2D eigenvalue weighted by atomic mass is 32.1. The predicted octanol–water partition coefficient (Wildman–Crippen LogP) is 7.55. The molecule has 0 aliphatic carbocycles. The van der Waals surface area contributed by atoms with Crippen molar-refractivity contribution in [3.63, 3.8) is 0 Å². The number of carbonyl (C=O) groups excluding carboxylic acids is 4. The second-order valence-electron chi connectivity index (χ2n) is 17.9. The van der Waals surface area contributed by atoms with Gasteiger partial charge in [0.25, 0.3) is 5.91 Å². The smallest absolute Gasteiger partial charge is 0.373 e. The number of hydrogen-bond acceptors (Lipinski definition) is 27. The average Bonchev–Trinajstić information content (AvgIpc) is 2.52. The summed E-state index contributed by atoms with van der Waals surface area (Å²) in [5.41, 5.74) is 15.7. The average molecular weight is 1270 g/mol. The van der Waals surface area contributed by atoms with Crippen LogP contribution in [0.25, 0.3) is 0 Å². The Bertz CT molecular complexity index is 3790. The molecule has 0 atom stereocenters. The molecular weight excluding hydrogens is 1210 g/mol. The summed E-state index contributed by atoms with van der Waals surface area (Å²) >= 11 is -0.750. The number of amides is 1. The van der Waals surface area contributed by atoms with Crippen LogP contribution in [0.4, 0.5) is 11.9 Å². The summed E-state index contributed by atoms with van der Waals surface area (Å²) in [6, 6.07) is 44.2. The number of oxime groups is 1. The number of hydroxylamine groups is 1. The van der Waals surface area contributed by atoms with Crippen molar-refractivity contribution in [1.82, 2.24) is 75.3 Å². The Morgan fingerprint density at radius 3 is 1.12 bits per heavy atom. The molecule has 0 aliphatic heterocycles. The minimum absolute atomic E-state index is 0.148. The molecule has 0 fully saturated rings. The Labute approximate surface area is 536 Å². The van der Waals surface area contributed by atoms with Crippen LogP contribution in [0.5, 0.6) is 0 Å². The van der Waals surface area contributed by atoms with Gasteiger partial charge in [-0.05, 0) is 123 Å². The van der Waals surface area contributed by atoms with Crippen molar-refractivity contribution in [2.75, 3.05) is 17.2 Å². The van der Waals surface area contributed by atoms with E-state index < -0.39 is 17.5 Å². The third-order valence-corrected chi connectivity index (χ3v) is 11.8. The summed E-state index contributed by atoms with van der Waals surface area (Å²) in [5.74, 6) is 0.470. The molecule has 0 aliphatic rings. The topological polar surface area (TPSA) is 407 Å². The number of nitrogens with two attached hydrogens (primary N) is 1. The monoisotopic (exact) mass is 1270 g/mol. The van der Waals surface area contributed by atoms with Gasteiger partial charge in [0.2, 0.25) is 11.9 Å². The maximum Gasteiger partial charge on any atom is 0.373 e. The van der Waals surface area contributed by atoms with Crippen LogP contribution in [0.15, 0.2) is 238 Å². The van der Waals surface area contributed by atoms with E-state index in [0.29, 0.717) is 47.0 Å². The predicted molar refractivity (Wildman–Crippen MR) is 338 cm³/mol. The third kappa shape index (κ3) is 24.9. The Balaban J connectivity index is 0.000000211. The first-order valence-electron chi connectivity index (χ1n) is 27.7. The molecule has 29 heteroatoms. The molecular formula is C64H61N19O9S. The van der Waals surface area contributed by atoms with E-state index in [2.05, 4.69) is 92.5 Å². The number of anilines is 2. The Morgan fingerprint density at radius 2 is 0.828 bits per heavy atom. The zero-order chi connectivity index (χ0) is 66.7. The Hall–Kier alpha value is -12.4. The summed E-state index contributed by atoms with van der Waals surface area (Å²) in [6.07, 6.45) is 24.1. The number of aromatic nitrogens is 14. The summed E-state index contributed by atoms with van der Waals surface area (Å²) < 4.78 is 21.3. The fraction of sp³-hybridized carbons (Fsp3) is 0.125. The van der Waals surface area contributed by atoms with Crippen molar-refractivity contribution in [2.45, 2.75) is 45.3 Å². The molecule has 7 N–H and O–H groups in total. The first kappa shape index (κ1) is 71.3. The van der Waals surface area contributed by atoms with Gasteiger partial charge in [-0.3, -0.25) is 49.9 Å². The van der Waals surface area contributed by atoms with Gasteiger partial charge in [0.15, 0.2) is 5.71 Å². The standard InChI is InChI=1S/C17H17N5.C16H14N6O2.C11H9N3O.C11H11N3.C8H10N2O2.CO2.O2S/c1-2-13-11-20-17(21-12-13)22-16(14-7-3-5-9-18-14)15-8-4-6-10-19-15;23-15(22-24)11-9-19-16(20-10-11)21-14(12-5-1-3-7-17-12)13-6-2-4-8-18-13;15-14-11(9-5-1-3-7-12-9)10-6-2-4-8-13-10;12-11(9-5-1-3-7-13-9)10-6-2-4-8-14-10;1-3-12-8(11)7-4-9-6(2)10-5-7;2-1-3;1-3-2/h3-12,16H,2H2,1H3,(H,20,21,22);1-10,14,24H,(H,22,23)(H,19,20,21);1-8,15H;1-8,11H,12H2;4-5H,3H2,1-2H3;;. The van der Waals surface area contributed by atoms with Crippen molar-refractivity contribution in [3.05, 3.63) is 300 Å². The van der Waals surface area contributed by atoms with Crippen molar-refractivity contribution in [2.24, 2.45) is 10.9 Å². The lowest BCUT2D eigenvalue weighted by Gasteiger charge is -2.17. The van der Waals surface area contributed by atoms with E-state index in [9.17, 15) is 9.59 Å². The van der Waals surface area contributed by atoms with E-state index in [1.807, 2.05) is 134 Å². The van der Waals surface area contributed by atoms with Crippen LogP contribution >= 0.6 is 0 Å². The number of esters is 1. The first-order chi connectivity index (χ1) is 45.5. The summed E-state index contributed by atoms with van der Waals surface area (Å²) in [7, 11) is 0. The number of pyridine rings is 8. The highest BCUT2D eigenvalue weighted by Gasteiger charge is 2.20. The molecule has 11 aromatic heterocycles. The largest absolute Gasteiger partial charge is 0.462 e. The van der Waals surface area contributed by atoms with Crippen molar-refractivity contribution in [1.29, 1.82) is 0 Å². The van der Waals surface area contributed by atoms with Gasteiger partial charge in [0, 0.05) is 86.8 Å². The van der Waals surface area contributed by atoms with Crippen LogP contribution in [-0.4, -0.2) is 119 Å². The molecule has 0 radical (unpaired) electrons. The lowest BCUT2D eigenvalue weighted by molar-refractivity contribution is -0.191. The molecule has 93 heavy (non-hydrogen) atoms. The van der Waals surface area contributed by atoms with Gasteiger partial charge < -0.3 is 26.3 Å². The van der Waals surface area contributed by atoms with Gasteiger partial charge in [0.1, 0.15) is 17.9 Å². The minimum atomic E-state index is -0.750. The lowest BCUT2D eigenvalue weighted by atomic mass is 10.1. The molecule has 0 saturated heterocycles. The molecule has 11 rings (SSSR count). The van der Waals surface area contributed by atoms with E-state index in [4.69, 9.17) is 38.9 Å². The fourth-order valence-corrected chi connectivity index (χ4v) is 7.46. The van der Waals surface area contributed by atoms with Gasteiger partial charge >= 0.3 is 23.7 Å². The van der Waals surface area contributed by atoms with Gasteiger partial charge in [-0.15, -0.1) is 0 Å². The van der Waals surface area contributed by atoms with Gasteiger partial charge in [0.05, 0.1) is 69.3 Å². The number of carbonyl (C=O) groups is 2. The molecule has 0 aromatic carbocycles. The number of aryl methyl sites for hydroxylation is 2. The third-order valence-electron chi connectivity index (χ3n) is 11.8. The zero-order valence-corrected chi connectivity index (χ0v) is 50.8. The lowest BCUT2D eigenvalue weighted by Crippen LogP contribution is -2.20. The van der Waals surface area contributed by atoms with Gasteiger partial charge in [-0.2, -0.15) is 18.0 Å². The fourth-order valence-electron chi connectivity index (χ4n) is 7.46. The summed E-state index contributed by atoms with van der Waals surface area (Å²) in [4.78, 5) is 97.4. The quantitative estimate of drug-likeness (QED) is 0.0179. The molecule has 28 nitrogen and oxygen atoms in total. The second-order valence-corrected chi connectivity index (χ2v) is 18.1. The molecule has 11 aromatic rings. The maximum absolute atomic E-state index is 11.3. The van der Waals surface area contributed by atoms with Crippen LogP contribution in [0.1, 0.15) is 110 Å². The first-order valence-corrected chi connectivity index (χ1v) is 28.4. The second kappa shape index (κ2) is 41.7. The van der Waals surface area contributed by atoms with Crippen molar-refractivity contribution < 1.29 is 42.7 Å². The number of ether oxygens (including phenoxy) is 1. The number of hydrogen-bond donors (Lipinski definition) is 6. The highest BCUT2D eigenvalue weighted by Crippen LogP contribution is 2.24. The van der Waals surface area contributed by atoms with Gasteiger partial charge in [-0.1, -0.05) is 60.6 Å². The van der Waals surface area contributed by atoms with Crippen LogP contribution < -0.4 is 21.8 Å². The Morgan fingerprint density at radius 1 is 0.505 bits per heavy atom. The van der Waals surface area contributed by atoms with E-state index in [1.54, 1.807) is 87.7 Å². The molecule has 0 unspecified atom stereocenters. The van der Waals surface area contributed by atoms with E-state index in [0.717, 1.165) is 46.1 Å².